The molecule has 4 rings (SSSR count). The maximum absolute atomic E-state index is 14.5. The third-order valence-corrected chi connectivity index (χ3v) is 7.57. The average molecular weight is 448 g/mol. The summed E-state index contributed by atoms with van der Waals surface area (Å²) in [6, 6.07) is 12.6. The Bertz CT molecular complexity index is 1020. The van der Waals surface area contributed by atoms with Crippen LogP contribution in [0, 0.1) is 5.82 Å². The van der Waals surface area contributed by atoms with Crippen molar-refractivity contribution in [3.8, 4) is 0 Å². The molecule has 7 nitrogen and oxygen atoms in total. The van der Waals surface area contributed by atoms with Gasteiger partial charge >= 0.3 is 0 Å². The lowest BCUT2D eigenvalue weighted by Crippen LogP contribution is -2.41. The van der Waals surface area contributed by atoms with Crippen LogP contribution in [0.15, 0.2) is 53.4 Å². The van der Waals surface area contributed by atoms with Gasteiger partial charge in [-0.2, -0.15) is 4.31 Å². The highest BCUT2D eigenvalue weighted by atomic mass is 32.2. The summed E-state index contributed by atoms with van der Waals surface area (Å²) in [6.45, 7) is 2.50. The van der Waals surface area contributed by atoms with E-state index >= 15 is 0 Å². The first kappa shape index (κ1) is 21.9. The standard InChI is InChI=1S/C22H26FN3O4S/c23-19-9-8-18(16-20(19)31(28,29)26-12-14-30-15-13-26)24-22(27)21(25-10-4-5-11-25)17-6-2-1-3-7-17/h1-3,6-9,16,21H,4-5,10-15H2,(H,24,27). The number of anilines is 1. The molecule has 1 N–H and O–H groups in total. The summed E-state index contributed by atoms with van der Waals surface area (Å²) in [5, 5.41) is 2.81. The number of carbonyl (C=O) groups is 1. The topological polar surface area (TPSA) is 79.0 Å². The fraction of sp³-hybridized carbons (Fsp3) is 0.409. The summed E-state index contributed by atoms with van der Waals surface area (Å²) >= 11 is 0. The Morgan fingerprint density at radius 2 is 1.68 bits per heavy atom. The van der Waals surface area contributed by atoms with Gasteiger partial charge in [-0.1, -0.05) is 30.3 Å². The van der Waals surface area contributed by atoms with Crippen molar-refractivity contribution in [2.75, 3.05) is 44.7 Å². The Balaban J connectivity index is 1.59. The quantitative estimate of drug-likeness (QED) is 0.737. The first-order chi connectivity index (χ1) is 15.0. The van der Waals surface area contributed by atoms with Crippen molar-refractivity contribution in [1.29, 1.82) is 0 Å². The van der Waals surface area contributed by atoms with E-state index in [1.165, 1.54) is 16.4 Å². The minimum absolute atomic E-state index is 0.170. The van der Waals surface area contributed by atoms with Gasteiger partial charge in [0, 0.05) is 18.8 Å². The zero-order valence-corrected chi connectivity index (χ0v) is 18.0. The van der Waals surface area contributed by atoms with Gasteiger partial charge in [0.15, 0.2) is 0 Å². The molecule has 2 fully saturated rings. The highest BCUT2D eigenvalue weighted by molar-refractivity contribution is 7.89. The number of hydrogen-bond donors (Lipinski definition) is 1. The molecule has 0 aromatic heterocycles. The van der Waals surface area contributed by atoms with Crippen LogP contribution in [0.25, 0.3) is 0 Å². The van der Waals surface area contributed by atoms with E-state index in [0.717, 1.165) is 37.6 Å². The Morgan fingerprint density at radius 1 is 1.00 bits per heavy atom. The molecule has 166 valence electrons. The van der Waals surface area contributed by atoms with Gasteiger partial charge in [-0.05, 0) is 49.7 Å². The molecule has 1 unspecified atom stereocenters. The largest absolute Gasteiger partial charge is 0.379 e. The minimum atomic E-state index is -4.02. The lowest BCUT2D eigenvalue weighted by molar-refractivity contribution is -0.121. The van der Waals surface area contributed by atoms with Crippen LogP contribution in [0.3, 0.4) is 0 Å². The highest BCUT2D eigenvalue weighted by Crippen LogP contribution is 2.28. The van der Waals surface area contributed by atoms with Crippen molar-refractivity contribution in [2.24, 2.45) is 0 Å². The van der Waals surface area contributed by atoms with Crippen LogP contribution >= 0.6 is 0 Å². The van der Waals surface area contributed by atoms with E-state index in [-0.39, 0.29) is 37.9 Å². The van der Waals surface area contributed by atoms with Crippen molar-refractivity contribution in [3.63, 3.8) is 0 Å². The molecule has 1 atom stereocenters. The SMILES string of the molecule is O=C(Nc1ccc(F)c(S(=O)(=O)N2CCOCC2)c1)C(c1ccccc1)N1CCCC1. The fourth-order valence-electron chi connectivity index (χ4n) is 4.08. The molecule has 0 saturated carbocycles. The van der Waals surface area contributed by atoms with E-state index < -0.39 is 26.8 Å². The number of halogens is 1. The number of benzene rings is 2. The number of rotatable bonds is 6. The molecule has 2 aromatic rings. The normalized spacial score (nSPS) is 19.3. The molecule has 2 saturated heterocycles. The summed E-state index contributed by atoms with van der Waals surface area (Å²) in [5.74, 6) is -1.11. The Morgan fingerprint density at radius 3 is 2.35 bits per heavy atom. The predicted molar refractivity (Wildman–Crippen MR) is 115 cm³/mol. The molecular weight excluding hydrogens is 421 g/mol. The predicted octanol–water partition coefficient (Wildman–Crippen LogP) is 2.62. The number of hydrogen-bond acceptors (Lipinski definition) is 5. The summed E-state index contributed by atoms with van der Waals surface area (Å²) in [7, 11) is -4.02. The summed E-state index contributed by atoms with van der Waals surface area (Å²) in [5.41, 5.74) is 1.11. The summed E-state index contributed by atoms with van der Waals surface area (Å²) in [6.07, 6.45) is 2.05. The first-order valence-electron chi connectivity index (χ1n) is 10.4. The van der Waals surface area contributed by atoms with E-state index in [9.17, 15) is 17.6 Å². The maximum Gasteiger partial charge on any atom is 0.246 e. The lowest BCUT2D eigenvalue weighted by Gasteiger charge is -2.27. The van der Waals surface area contributed by atoms with Crippen LogP contribution in [0.4, 0.5) is 10.1 Å². The Labute approximate surface area is 181 Å². The van der Waals surface area contributed by atoms with E-state index in [1.54, 1.807) is 0 Å². The molecule has 0 aliphatic carbocycles. The van der Waals surface area contributed by atoms with Crippen molar-refractivity contribution < 1.29 is 22.3 Å². The molecule has 9 heteroatoms. The second-order valence-electron chi connectivity index (χ2n) is 7.71. The number of sulfonamides is 1. The molecule has 2 aromatic carbocycles. The smallest absolute Gasteiger partial charge is 0.246 e. The van der Waals surface area contributed by atoms with Gasteiger partial charge < -0.3 is 10.1 Å². The maximum atomic E-state index is 14.5. The molecule has 0 radical (unpaired) electrons. The average Bonchev–Trinajstić information content (AvgIpc) is 3.31. The third kappa shape index (κ3) is 4.79. The van der Waals surface area contributed by atoms with Crippen molar-refractivity contribution in [2.45, 2.75) is 23.8 Å². The number of nitrogens with zero attached hydrogens (tertiary/aromatic N) is 2. The van der Waals surface area contributed by atoms with E-state index in [2.05, 4.69) is 10.2 Å². The van der Waals surface area contributed by atoms with Crippen LogP contribution in [0.5, 0.6) is 0 Å². The number of likely N-dealkylation sites (tertiary alicyclic amines) is 1. The molecule has 2 aliphatic heterocycles. The third-order valence-electron chi connectivity index (χ3n) is 5.66. The molecule has 1 amide bonds. The Kier molecular flexibility index (Phi) is 6.66. The van der Waals surface area contributed by atoms with Gasteiger partial charge in [-0.25, -0.2) is 12.8 Å². The minimum Gasteiger partial charge on any atom is -0.379 e. The van der Waals surface area contributed by atoms with E-state index in [0.29, 0.717) is 0 Å². The molecule has 2 aliphatic rings. The van der Waals surface area contributed by atoms with Crippen LogP contribution in [-0.4, -0.2) is 62.9 Å². The number of amides is 1. The zero-order valence-electron chi connectivity index (χ0n) is 17.2. The van der Waals surface area contributed by atoms with E-state index in [4.69, 9.17) is 4.74 Å². The summed E-state index contributed by atoms with van der Waals surface area (Å²) < 4.78 is 46.7. The van der Waals surface area contributed by atoms with Gasteiger partial charge in [-0.15, -0.1) is 0 Å². The van der Waals surface area contributed by atoms with Gasteiger partial charge in [0.05, 0.1) is 13.2 Å². The van der Waals surface area contributed by atoms with Crippen molar-refractivity contribution >= 4 is 21.6 Å². The highest BCUT2D eigenvalue weighted by Gasteiger charge is 2.32. The van der Waals surface area contributed by atoms with Crippen molar-refractivity contribution in [1.82, 2.24) is 9.21 Å². The number of carbonyl (C=O) groups excluding carboxylic acids is 1. The fourth-order valence-corrected chi connectivity index (χ4v) is 5.58. The molecular formula is C22H26FN3O4S. The van der Waals surface area contributed by atoms with Gasteiger partial charge in [-0.3, -0.25) is 9.69 Å². The van der Waals surface area contributed by atoms with Crippen LogP contribution in [-0.2, 0) is 19.6 Å². The summed E-state index contributed by atoms with van der Waals surface area (Å²) in [4.78, 5) is 14.9. The van der Waals surface area contributed by atoms with Crippen molar-refractivity contribution in [3.05, 3.63) is 59.9 Å². The second kappa shape index (κ2) is 9.44. The second-order valence-corrected chi connectivity index (χ2v) is 9.61. The molecule has 2 heterocycles. The van der Waals surface area contributed by atoms with Gasteiger partial charge in [0.1, 0.15) is 16.8 Å². The monoisotopic (exact) mass is 447 g/mol. The van der Waals surface area contributed by atoms with Gasteiger partial charge in [0.2, 0.25) is 15.9 Å². The van der Waals surface area contributed by atoms with Crippen LogP contribution in [0.1, 0.15) is 24.4 Å². The van der Waals surface area contributed by atoms with Crippen LogP contribution < -0.4 is 5.32 Å². The molecule has 31 heavy (non-hydrogen) atoms. The first-order valence-corrected chi connectivity index (χ1v) is 11.9. The Hall–Kier alpha value is -2.33. The van der Waals surface area contributed by atoms with Crippen LogP contribution in [0.2, 0.25) is 0 Å². The number of nitrogens with one attached hydrogen (secondary N) is 1. The molecule has 0 spiro atoms. The number of ether oxygens (including phenoxy) is 1. The molecule has 0 bridgehead atoms. The number of morpholine rings is 1. The van der Waals surface area contributed by atoms with Gasteiger partial charge in [0.25, 0.3) is 0 Å². The van der Waals surface area contributed by atoms with E-state index in [1.807, 2.05) is 30.3 Å². The zero-order chi connectivity index (χ0) is 21.8. The lowest BCUT2D eigenvalue weighted by atomic mass is 10.0.